The first-order valence-corrected chi connectivity index (χ1v) is 9.80. The Morgan fingerprint density at radius 1 is 1.30 bits per heavy atom. The molecule has 5 nitrogen and oxygen atoms in total. The van der Waals surface area contributed by atoms with Gasteiger partial charge in [0.1, 0.15) is 6.54 Å². The van der Waals surface area contributed by atoms with Gasteiger partial charge in [-0.2, -0.15) is 0 Å². The third-order valence-corrected chi connectivity index (χ3v) is 5.06. The van der Waals surface area contributed by atoms with Crippen molar-refractivity contribution in [2.75, 3.05) is 19.6 Å². The van der Waals surface area contributed by atoms with Gasteiger partial charge < -0.3 is 10.6 Å². The Labute approximate surface area is 161 Å². The fraction of sp³-hybridized carbons (Fsp3) is 0.750. The molecule has 1 amide bonds. The van der Waals surface area contributed by atoms with E-state index >= 15 is 0 Å². The van der Waals surface area contributed by atoms with Crippen LogP contribution in [0.25, 0.3) is 0 Å². The highest BCUT2D eigenvalue weighted by atomic mass is 19.3. The number of Topliss-reactive ketones (excluding diaryl/α,β-unsaturated/α-hetero) is 1. The molecule has 1 saturated carbocycles. The number of amides is 1. The number of rotatable bonds is 9. The molecule has 1 fully saturated rings. The van der Waals surface area contributed by atoms with E-state index in [0.717, 1.165) is 19.3 Å². The quantitative estimate of drug-likeness (QED) is 0.615. The number of alkyl halides is 2. The van der Waals surface area contributed by atoms with Crippen LogP contribution in [0.1, 0.15) is 66.2 Å². The van der Waals surface area contributed by atoms with Crippen molar-refractivity contribution in [2.24, 2.45) is 16.6 Å². The van der Waals surface area contributed by atoms with E-state index in [2.05, 4.69) is 18.8 Å². The third kappa shape index (κ3) is 7.39. The second-order valence-electron chi connectivity index (χ2n) is 7.43. The summed E-state index contributed by atoms with van der Waals surface area (Å²) in [5.41, 5.74) is 6.21. The lowest BCUT2D eigenvalue weighted by molar-refractivity contribution is -0.129. The summed E-state index contributed by atoms with van der Waals surface area (Å²) >= 11 is 0. The summed E-state index contributed by atoms with van der Waals surface area (Å²) in [6, 6.07) is 0. The maximum Gasteiger partial charge on any atom is 0.253 e. The van der Waals surface area contributed by atoms with Crippen molar-refractivity contribution in [1.29, 1.82) is 0 Å². The SMILES string of the molecule is CCCN(CCC(C)CC)C(=O)CN=C1CC(F)(F)CC/C1=C(/N)C(C)=O. The van der Waals surface area contributed by atoms with E-state index in [0.29, 0.717) is 24.6 Å². The molecule has 1 aliphatic rings. The standard InChI is InChI=1S/C20H33F2N3O2/c1-5-10-25(11-8-14(3)6-2)18(27)13-24-17-12-20(21,22)9-7-16(17)19(23)15(4)26/h14H,5-13,23H2,1-4H3/b19-16-,24-17?. The topological polar surface area (TPSA) is 75.8 Å². The van der Waals surface area contributed by atoms with Crippen molar-refractivity contribution >= 4 is 17.4 Å². The van der Waals surface area contributed by atoms with Crippen molar-refractivity contribution in [2.45, 2.75) is 72.1 Å². The van der Waals surface area contributed by atoms with Crippen LogP contribution in [-0.4, -0.2) is 47.9 Å². The molecule has 1 atom stereocenters. The van der Waals surface area contributed by atoms with E-state index < -0.39 is 12.3 Å². The summed E-state index contributed by atoms with van der Waals surface area (Å²) < 4.78 is 27.6. The molecule has 0 aromatic heterocycles. The van der Waals surface area contributed by atoms with Crippen LogP contribution in [0.3, 0.4) is 0 Å². The minimum Gasteiger partial charge on any atom is -0.396 e. The number of carbonyl (C=O) groups is 2. The Morgan fingerprint density at radius 2 is 1.96 bits per heavy atom. The van der Waals surface area contributed by atoms with Gasteiger partial charge in [-0.05, 0) is 25.2 Å². The fourth-order valence-corrected chi connectivity index (χ4v) is 3.02. The van der Waals surface area contributed by atoms with Crippen LogP contribution < -0.4 is 5.73 Å². The van der Waals surface area contributed by atoms with E-state index in [1.54, 1.807) is 4.90 Å². The van der Waals surface area contributed by atoms with Gasteiger partial charge in [0.15, 0.2) is 5.78 Å². The number of hydrogen-bond donors (Lipinski definition) is 1. The Kier molecular flexibility index (Phi) is 9.06. The first-order valence-electron chi connectivity index (χ1n) is 9.80. The van der Waals surface area contributed by atoms with Gasteiger partial charge >= 0.3 is 0 Å². The molecule has 0 aromatic carbocycles. The van der Waals surface area contributed by atoms with Crippen molar-refractivity contribution < 1.29 is 18.4 Å². The van der Waals surface area contributed by atoms with E-state index in [1.807, 2.05) is 6.92 Å². The smallest absolute Gasteiger partial charge is 0.253 e. The molecule has 1 rings (SSSR count). The van der Waals surface area contributed by atoms with Gasteiger partial charge in [0.2, 0.25) is 5.91 Å². The Morgan fingerprint density at radius 3 is 2.52 bits per heavy atom. The van der Waals surface area contributed by atoms with Crippen molar-refractivity contribution in [3.8, 4) is 0 Å². The second kappa shape index (κ2) is 10.5. The normalized spacial score (nSPS) is 21.0. The first-order chi connectivity index (χ1) is 12.6. The lowest BCUT2D eigenvalue weighted by Crippen LogP contribution is -2.36. The van der Waals surface area contributed by atoms with E-state index in [9.17, 15) is 18.4 Å². The van der Waals surface area contributed by atoms with E-state index in [-0.39, 0.29) is 42.5 Å². The van der Waals surface area contributed by atoms with Crippen LogP contribution in [0.2, 0.25) is 0 Å². The molecule has 1 aliphatic carbocycles. The molecule has 0 radical (unpaired) electrons. The summed E-state index contributed by atoms with van der Waals surface area (Å²) in [6.07, 6.45) is 1.83. The zero-order valence-electron chi connectivity index (χ0n) is 17.0. The minimum atomic E-state index is -2.89. The molecular formula is C20H33F2N3O2. The predicted molar refractivity (Wildman–Crippen MR) is 104 cm³/mol. The number of halogens is 2. The molecule has 1 unspecified atom stereocenters. The Hall–Kier alpha value is -1.79. The second-order valence-corrected chi connectivity index (χ2v) is 7.43. The third-order valence-electron chi connectivity index (χ3n) is 5.06. The van der Waals surface area contributed by atoms with E-state index in [1.165, 1.54) is 6.92 Å². The van der Waals surface area contributed by atoms with Crippen LogP contribution >= 0.6 is 0 Å². The van der Waals surface area contributed by atoms with Gasteiger partial charge in [0.25, 0.3) is 5.92 Å². The molecule has 0 heterocycles. The largest absolute Gasteiger partial charge is 0.396 e. The van der Waals surface area contributed by atoms with Gasteiger partial charge in [-0.25, -0.2) is 8.78 Å². The van der Waals surface area contributed by atoms with Gasteiger partial charge in [-0.1, -0.05) is 27.2 Å². The molecule has 2 N–H and O–H groups in total. The summed E-state index contributed by atoms with van der Waals surface area (Å²) in [7, 11) is 0. The highest BCUT2D eigenvalue weighted by Crippen LogP contribution is 2.35. The fourth-order valence-electron chi connectivity index (χ4n) is 3.02. The average Bonchev–Trinajstić information content (AvgIpc) is 2.61. The number of allylic oxidation sites excluding steroid dienone is 2. The maximum atomic E-state index is 13.8. The highest BCUT2D eigenvalue weighted by molar-refractivity contribution is 6.09. The predicted octanol–water partition coefficient (Wildman–Crippen LogP) is 3.72. The van der Waals surface area contributed by atoms with Crippen molar-refractivity contribution in [1.82, 2.24) is 4.90 Å². The molecule has 0 saturated heterocycles. The number of nitrogens with zero attached hydrogens (tertiary/aromatic N) is 2. The molecule has 0 bridgehead atoms. The molecule has 0 spiro atoms. The van der Waals surface area contributed by atoms with Crippen LogP contribution in [0.4, 0.5) is 8.78 Å². The lowest BCUT2D eigenvalue weighted by Gasteiger charge is -2.27. The summed E-state index contributed by atoms with van der Waals surface area (Å²) in [6.45, 7) is 8.61. The molecule has 0 aliphatic heterocycles. The number of hydrogen-bond acceptors (Lipinski definition) is 4. The molecule has 0 aromatic rings. The summed E-state index contributed by atoms with van der Waals surface area (Å²) in [5.74, 6) is -2.91. The van der Waals surface area contributed by atoms with Gasteiger partial charge in [-0.3, -0.25) is 14.6 Å². The average molecular weight is 385 g/mol. The highest BCUT2D eigenvalue weighted by Gasteiger charge is 2.38. The maximum absolute atomic E-state index is 13.8. The Bertz CT molecular complexity index is 600. The van der Waals surface area contributed by atoms with Gasteiger partial charge in [0.05, 0.1) is 12.1 Å². The number of carbonyl (C=O) groups excluding carboxylic acids is 2. The van der Waals surface area contributed by atoms with Crippen LogP contribution in [0.5, 0.6) is 0 Å². The van der Waals surface area contributed by atoms with Gasteiger partial charge in [-0.15, -0.1) is 0 Å². The van der Waals surface area contributed by atoms with Crippen molar-refractivity contribution in [3.05, 3.63) is 11.3 Å². The first kappa shape index (κ1) is 23.2. The van der Waals surface area contributed by atoms with Crippen LogP contribution in [0.15, 0.2) is 16.3 Å². The van der Waals surface area contributed by atoms with Crippen molar-refractivity contribution in [3.63, 3.8) is 0 Å². The summed E-state index contributed by atoms with van der Waals surface area (Å²) in [4.78, 5) is 30.0. The molecule has 27 heavy (non-hydrogen) atoms. The monoisotopic (exact) mass is 385 g/mol. The number of ketones is 1. The summed E-state index contributed by atoms with van der Waals surface area (Å²) in [5, 5.41) is 0. The molecule has 7 heteroatoms. The van der Waals surface area contributed by atoms with Gasteiger partial charge in [0, 0.05) is 37.7 Å². The zero-order chi connectivity index (χ0) is 20.6. The minimum absolute atomic E-state index is 0.00186. The Balaban J connectivity index is 2.93. The zero-order valence-corrected chi connectivity index (χ0v) is 17.0. The lowest BCUT2D eigenvalue weighted by atomic mass is 9.88. The molecular weight excluding hydrogens is 352 g/mol. The number of aliphatic imine (C=N–C) groups is 1. The number of nitrogens with two attached hydrogens (primary N) is 1. The van der Waals surface area contributed by atoms with Crippen LogP contribution in [-0.2, 0) is 9.59 Å². The van der Waals surface area contributed by atoms with E-state index in [4.69, 9.17) is 5.73 Å². The molecule has 154 valence electrons. The van der Waals surface area contributed by atoms with Crippen LogP contribution in [0, 0.1) is 5.92 Å².